The molecule has 0 fully saturated rings. The number of ether oxygens (including phenoxy) is 1. The number of carbonyl (C=O) groups excluding carboxylic acids is 1. The van der Waals surface area contributed by atoms with E-state index in [1.807, 2.05) is 30.3 Å². The number of alkyl halides is 2. The lowest BCUT2D eigenvalue weighted by Gasteiger charge is -2.10. The van der Waals surface area contributed by atoms with Crippen LogP contribution in [0.25, 0.3) is 22.2 Å². The predicted octanol–water partition coefficient (Wildman–Crippen LogP) is 4.63. The van der Waals surface area contributed by atoms with Crippen molar-refractivity contribution in [2.24, 2.45) is 0 Å². The van der Waals surface area contributed by atoms with Crippen molar-refractivity contribution in [2.45, 2.75) is 6.43 Å². The molecule has 0 saturated carbocycles. The summed E-state index contributed by atoms with van der Waals surface area (Å²) in [7, 11) is 1.25. The molecule has 3 nitrogen and oxygen atoms in total. The van der Waals surface area contributed by atoms with Crippen LogP contribution in [-0.4, -0.2) is 18.1 Å². The topological polar surface area (TPSA) is 39.2 Å². The lowest BCUT2D eigenvalue weighted by molar-refractivity contribution is 0.0601. The van der Waals surface area contributed by atoms with Crippen molar-refractivity contribution in [2.75, 3.05) is 7.11 Å². The van der Waals surface area contributed by atoms with Gasteiger partial charge in [-0.15, -0.1) is 0 Å². The first-order valence-corrected chi connectivity index (χ1v) is 6.96. The second-order valence-electron chi connectivity index (χ2n) is 4.99. The van der Waals surface area contributed by atoms with E-state index in [2.05, 4.69) is 9.72 Å². The number of aromatic nitrogens is 1. The van der Waals surface area contributed by atoms with Crippen LogP contribution in [0, 0.1) is 0 Å². The van der Waals surface area contributed by atoms with Crippen molar-refractivity contribution in [1.29, 1.82) is 0 Å². The first kappa shape index (κ1) is 15.1. The fourth-order valence-electron chi connectivity index (χ4n) is 2.43. The van der Waals surface area contributed by atoms with Gasteiger partial charge in [0.25, 0.3) is 6.43 Å². The summed E-state index contributed by atoms with van der Waals surface area (Å²) in [5, 5.41) is 0.252. The molecule has 0 radical (unpaired) electrons. The number of rotatable bonds is 3. The summed E-state index contributed by atoms with van der Waals surface area (Å²) >= 11 is 0. The highest BCUT2D eigenvalue weighted by atomic mass is 19.3. The van der Waals surface area contributed by atoms with Crippen LogP contribution in [0.5, 0.6) is 0 Å². The SMILES string of the molecule is COC(=O)c1ccc2nc(-c3ccccc3)cc(C(F)F)c2c1. The van der Waals surface area contributed by atoms with Crippen LogP contribution in [0.4, 0.5) is 8.78 Å². The van der Waals surface area contributed by atoms with E-state index < -0.39 is 12.4 Å². The third-order valence-electron chi connectivity index (χ3n) is 3.57. The Labute approximate surface area is 131 Å². The van der Waals surface area contributed by atoms with Crippen molar-refractivity contribution >= 4 is 16.9 Å². The minimum atomic E-state index is -2.67. The van der Waals surface area contributed by atoms with Gasteiger partial charge >= 0.3 is 5.97 Å². The number of pyridine rings is 1. The van der Waals surface area contributed by atoms with E-state index in [9.17, 15) is 13.6 Å². The molecule has 116 valence electrons. The van der Waals surface area contributed by atoms with E-state index >= 15 is 0 Å². The smallest absolute Gasteiger partial charge is 0.337 e. The van der Waals surface area contributed by atoms with Gasteiger partial charge in [0.15, 0.2) is 0 Å². The molecule has 0 spiro atoms. The second-order valence-corrected chi connectivity index (χ2v) is 4.99. The van der Waals surface area contributed by atoms with Crippen LogP contribution in [0.15, 0.2) is 54.6 Å². The van der Waals surface area contributed by atoms with Crippen molar-refractivity contribution in [3.05, 3.63) is 65.7 Å². The van der Waals surface area contributed by atoms with Crippen molar-refractivity contribution < 1.29 is 18.3 Å². The summed E-state index contributed by atoms with van der Waals surface area (Å²) in [6, 6.07) is 15.0. The number of carbonyl (C=O) groups is 1. The number of nitrogens with zero attached hydrogens (tertiary/aromatic N) is 1. The standard InChI is InChI=1S/C18H13F2NO2/c1-23-18(22)12-7-8-15-13(9-12)14(17(19)20)10-16(21-15)11-5-3-2-4-6-11/h2-10,17H,1H3. The number of hydrogen-bond donors (Lipinski definition) is 0. The van der Waals surface area contributed by atoms with Crippen LogP contribution in [0.1, 0.15) is 22.3 Å². The molecule has 0 atom stereocenters. The van der Waals surface area contributed by atoms with E-state index in [0.29, 0.717) is 11.2 Å². The summed E-state index contributed by atoms with van der Waals surface area (Å²) in [5.41, 5.74) is 1.71. The third-order valence-corrected chi connectivity index (χ3v) is 3.57. The molecule has 0 aliphatic carbocycles. The maximum atomic E-state index is 13.5. The zero-order chi connectivity index (χ0) is 16.4. The van der Waals surface area contributed by atoms with Crippen molar-refractivity contribution in [3.63, 3.8) is 0 Å². The van der Waals surface area contributed by atoms with Gasteiger partial charge in [0.05, 0.1) is 23.9 Å². The molecular formula is C18H13F2NO2. The Bertz CT molecular complexity index is 864. The normalized spacial score (nSPS) is 11.0. The Morgan fingerprint density at radius 3 is 2.48 bits per heavy atom. The predicted molar refractivity (Wildman–Crippen MR) is 83.5 cm³/mol. The van der Waals surface area contributed by atoms with Gasteiger partial charge < -0.3 is 4.74 Å². The third kappa shape index (κ3) is 2.90. The highest BCUT2D eigenvalue weighted by molar-refractivity contribution is 5.96. The zero-order valence-corrected chi connectivity index (χ0v) is 12.3. The van der Waals surface area contributed by atoms with Gasteiger partial charge in [-0.25, -0.2) is 18.6 Å². The van der Waals surface area contributed by atoms with Gasteiger partial charge in [-0.3, -0.25) is 0 Å². The molecule has 2 aromatic carbocycles. The number of methoxy groups -OCH3 is 1. The van der Waals surface area contributed by atoms with Crippen molar-refractivity contribution in [3.8, 4) is 11.3 Å². The largest absolute Gasteiger partial charge is 0.465 e. The Balaban J connectivity index is 2.23. The number of fused-ring (bicyclic) bond motifs is 1. The van der Waals surface area contributed by atoms with E-state index in [-0.39, 0.29) is 16.5 Å². The molecule has 0 aliphatic heterocycles. The van der Waals surface area contributed by atoms with Gasteiger partial charge in [-0.05, 0) is 24.3 Å². The molecule has 3 aromatic rings. The molecule has 5 heteroatoms. The van der Waals surface area contributed by atoms with Crippen LogP contribution in [0.2, 0.25) is 0 Å². The molecule has 0 aliphatic rings. The maximum Gasteiger partial charge on any atom is 0.337 e. The van der Waals surface area contributed by atoms with Crippen LogP contribution in [-0.2, 0) is 4.74 Å². The minimum Gasteiger partial charge on any atom is -0.465 e. The Morgan fingerprint density at radius 1 is 1.09 bits per heavy atom. The van der Waals surface area contributed by atoms with Gasteiger partial charge in [-0.1, -0.05) is 30.3 Å². The van der Waals surface area contributed by atoms with E-state index in [4.69, 9.17) is 0 Å². The molecule has 0 unspecified atom stereocenters. The summed E-state index contributed by atoms with van der Waals surface area (Å²) in [5.74, 6) is -0.570. The number of halogens is 2. The molecule has 0 N–H and O–H groups in total. The zero-order valence-electron chi connectivity index (χ0n) is 12.3. The number of hydrogen-bond acceptors (Lipinski definition) is 3. The van der Waals surface area contributed by atoms with E-state index in [0.717, 1.165) is 5.56 Å². The minimum absolute atomic E-state index is 0.153. The van der Waals surface area contributed by atoms with Gasteiger partial charge in [0.1, 0.15) is 0 Å². The Hall–Kier alpha value is -2.82. The van der Waals surface area contributed by atoms with Crippen LogP contribution < -0.4 is 0 Å². The summed E-state index contributed by atoms with van der Waals surface area (Å²) in [6.07, 6.45) is -2.67. The maximum absolute atomic E-state index is 13.5. The van der Waals surface area contributed by atoms with Crippen LogP contribution in [0.3, 0.4) is 0 Å². The summed E-state index contributed by atoms with van der Waals surface area (Å²) < 4.78 is 31.6. The lowest BCUT2D eigenvalue weighted by Crippen LogP contribution is -2.02. The molecule has 0 amide bonds. The fourth-order valence-corrected chi connectivity index (χ4v) is 2.43. The Kier molecular flexibility index (Phi) is 4.02. The highest BCUT2D eigenvalue weighted by Gasteiger charge is 2.17. The van der Waals surface area contributed by atoms with E-state index in [1.165, 1.54) is 25.3 Å². The van der Waals surface area contributed by atoms with E-state index in [1.54, 1.807) is 6.07 Å². The summed E-state index contributed by atoms with van der Waals surface area (Å²) in [6.45, 7) is 0. The number of esters is 1. The molecule has 23 heavy (non-hydrogen) atoms. The quantitative estimate of drug-likeness (QED) is 0.662. The fraction of sp³-hybridized carbons (Fsp3) is 0.111. The summed E-state index contributed by atoms with van der Waals surface area (Å²) in [4.78, 5) is 16.0. The van der Waals surface area contributed by atoms with Gasteiger partial charge in [-0.2, -0.15) is 0 Å². The lowest BCUT2D eigenvalue weighted by atomic mass is 10.0. The molecular weight excluding hydrogens is 300 g/mol. The molecule has 0 bridgehead atoms. The first-order chi connectivity index (χ1) is 11.1. The van der Waals surface area contributed by atoms with Crippen LogP contribution >= 0.6 is 0 Å². The Morgan fingerprint density at radius 2 is 1.83 bits per heavy atom. The van der Waals surface area contributed by atoms with Gasteiger partial charge in [0, 0.05) is 16.5 Å². The molecule has 1 aromatic heterocycles. The second kappa shape index (κ2) is 6.12. The monoisotopic (exact) mass is 313 g/mol. The average Bonchev–Trinajstić information content (AvgIpc) is 2.60. The van der Waals surface area contributed by atoms with Crippen molar-refractivity contribution in [1.82, 2.24) is 4.98 Å². The number of benzene rings is 2. The molecule has 0 saturated heterocycles. The van der Waals surface area contributed by atoms with Gasteiger partial charge in [0.2, 0.25) is 0 Å². The molecule has 3 rings (SSSR count). The first-order valence-electron chi connectivity index (χ1n) is 6.96. The highest BCUT2D eigenvalue weighted by Crippen LogP contribution is 2.31. The average molecular weight is 313 g/mol. The molecule has 1 heterocycles.